The largest absolute Gasteiger partial charge is 0.392 e. The number of benzene rings is 2. The number of β-amino-alcohol motifs (C(OH)–C–C–N with tert-alkyl or cyclic N) is 1. The summed E-state index contributed by atoms with van der Waals surface area (Å²) >= 11 is 2.29. The molecule has 1 atom stereocenters. The zero-order valence-electron chi connectivity index (χ0n) is 16.3. The molecule has 7 heteroatoms. The van der Waals surface area contributed by atoms with Gasteiger partial charge >= 0.3 is 0 Å². The van der Waals surface area contributed by atoms with Crippen molar-refractivity contribution in [3.63, 3.8) is 0 Å². The number of aromatic nitrogens is 2. The number of fused-ring (bicyclic) bond motifs is 1. The Balaban J connectivity index is 1.43. The van der Waals surface area contributed by atoms with E-state index in [9.17, 15) is 5.11 Å². The Hall–Kier alpha value is -1.97. The van der Waals surface area contributed by atoms with Crippen molar-refractivity contribution in [2.45, 2.75) is 25.4 Å². The van der Waals surface area contributed by atoms with Gasteiger partial charge in [-0.3, -0.25) is 0 Å². The van der Waals surface area contributed by atoms with Crippen LogP contribution in [0.1, 0.15) is 19.3 Å². The number of halogens is 1. The Morgan fingerprint density at radius 3 is 2.76 bits per heavy atom. The van der Waals surface area contributed by atoms with Gasteiger partial charge < -0.3 is 20.6 Å². The molecule has 1 aliphatic rings. The minimum absolute atomic E-state index is 0.169. The maximum Gasteiger partial charge on any atom is 0.229 e. The van der Waals surface area contributed by atoms with E-state index in [1.165, 1.54) is 3.57 Å². The standard InChI is InChI=1S/C22H26IN5O/c23-16-8-10-17(11-9-16)25-22-26-20-7-2-1-6-19(20)21(27-22)24-12-4-14-28-13-3-5-18(29)15-28/h1-2,6-11,18,29H,3-5,12-15H2,(H2,24,25,26,27). The van der Waals surface area contributed by atoms with Crippen LogP contribution in [0.2, 0.25) is 0 Å². The molecule has 1 unspecified atom stereocenters. The van der Waals surface area contributed by atoms with Gasteiger partial charge in [0.15, 0.2) is 0 Å². The highest BCUT2D eigenvalue weighted by molar-refractivity contribution is 14.1. The van der Waals surface area contributed by atoms with Crippen molar-refractivity contribution in [1.29, 1.82) is 0 Å². The second-order valence-electron chi connectivity index (χ2n) is 7.42. The Morgan fingerprint density at radius 1 is 1.10 bits per heavy atom. The molecular weight excluding hydrogens is 477 g/mol. The van der Waals surface area contributed by atoms with Gasteiger partial charge in [0.2, 0.25) is 5.95 Å². The molecule has 152 valence electrons. The van der Waals surface area contributed by atoms with E-state index in [0.717, 1.165) is 67.8 Å². The number of hydrogen-bond acceptors (Lipinski definition) is 6. The van der Waals surface area contributed by atoms with Crippen LogP contribution in [0.25, 0.3) is 10.9 Å². The molecule has 2 aromatic carbocycles. The molecule has 1 fully saturated rings. The predicted molar refractivity (Wildman–Crippen MR) is 127 cm³/mol. The first-order chi connectivity index (χ1) is 14.2. The smallest absolute Gasteiger partial charge is 0.229 e. The zero-order valence-corrected chi connectivity index (χ0v) is 18.5. The number of nitrogens with one attached hydrogen (secondary N) is 2. The first-order valence-corrected chi connectivity index (χ1v) is 11.2. The molecule has 3 N–H and O–H groups in total. The molecule has 1 aromatic heterocycles. The van der Waals surface area contributed by atoms with Crippen LogP contribution in [0.5, 0.6) is 0 Å². The maximum atomic E-state index is 9.82. The van der Waals surface area contributed by atoms with Crippen molar-refractivity contribution in [2.24, 2.45) is 0 Å². The van der Waals surface area contributed by atoms with E-state index in [1.807, 2.05) is 36.4 Å². The lowest BCUT2D eigenvalue weighted by Gasteiger charge is -2.29. The summed E-state index contributed by atoms with van der Waals surface area (Å²) in [5.41, 5.74) is 1.88. The van der Waals surface area contributed by atoms with Crippen molar-refractivity contribution in [1.82, 2.24) is 14.9 Å². The SMILES string of the molecule is OC1CCCN(CCCNc2nc(Nc3ccc(I)cc3)nc3ccccc23)C1. The van der Waals surface area contributed by atoms with Gasteiger partial charge in [-0.25, -0.2) is 4.98 Å². The Morgan fingerprint density at radius 2 is 1.93 bits per heavy atom. The van der Waals surface area contributed by atoms with Gasteiger partial charge in [0.25, 0.3) is 0 Å². The fourth-order valence-electron chi connectivity index (χ4n) is 3.67. The second-order valence-corrected chi connectivity index (χ2v) is 8.67. The Kier molecular flexibility index (Phi) is 6.78. The minimum atomic E-state index is -0.169. The van der Waals surface area contributed by atoms with E-state index >= 15 is 0 Å². The fraction of sp³-hybridized carbons (Fsp3) is 0.364. The zero-order chi connectivity index (χ0) is 20.1. The maximum absolute atomic E-state index is 9.82. The predicted octanol–water partition coefficient (Wildman–Crippen LogP) is 4.24. The van der Waals surface area contributed by atoms with Crippen molar-refractivity contribution >= 4 is 50.9 Å². The topological polar surface area (TPSA) is 73.3 Å². The number of anilines is 3. The van der Waals surface area contributed by atoms with Gasteiger partial charge in [-0.1, -0.05) is 12.1 Å². The van der Waals surface area contributed by atoms with Gasteiger partial charge in [-0.15, -0.1) is 0 Å². The summed E-state index contributed by atoms with van der Waals surface area (Å²) in [5.74, 6) is 1.44. The molecule has 0 spiro atoms. The molecule has 1 saturated heterocycles. The normalized spacial score (nSPS) is 17.4. The van der Waals surface area contributed by atoms with Gasteiger partial charge in [-0.2, -0.15) is 4.98 Å². The van der Waals surface area contributed by atoms with Crippen LogP contribution in [0.3, 0.4) is 0 Å². The first kappa shape index (κ1) is 20.3. The molecule has 6 nitrogen and oxygen atoms in total. The van der Waals surface area contributed by atoms with Crippen LogP contribution < -0.4 is 10.6 Å². The summed E-state index contributed by atoms with van der Waals surface area (Å²) in [7, 11) is 0. The molecule has 2 heterocycles. The number of rotatable bonds is 7. The molecule has 3 aromatic rings. The van der Waals surface area contributed by atoms with E-state index in [2.05, 4.69) is 55.2 Å². The van der Waals surface area contributed by atoms with Crippen LogP contribution in [-0.4, -0.2) is 52.3 Å². The summed E-state index contributed by atoms with van der Waals surface area (Å²) in [5, 5.41) is 17.6. The molecule has 4 rings (SSSR count). The summed E-state index contributed by atoms with van der Waals surface area (Å²) in [6, 6.07) is 16.2. The fourth-order valence-corrected chi connectivity index (χ4v) is 4.03. The van der Waals surface area contributed by atoms with E-state index < -0.39 is 0 Å². The molecule has 0 radical (unpaired) electrons. The van der Waals surface area contributed by atoms with Crippen molar-refractivity contribution < 1.29 is 5.11 Å². The van der Waals surface area contributed by atoms with Crippen LogP contribution in [-0.2, 0) is 0 Å². The molecule has 29 heavy (non-hydrogen) atoms. The van der Waals surface area contributed by atoms with E-state index in [0.29, 0.717) is 5.95 Å². The highest BCUT2D eigenvalue weighted by Gasteiger charge is 2.16. The number of para-hydroxylation sites is 1. The third-order valence-corrected chi connectivity index (χ3v) is 5.85. The van der Waals surface area contributed by atoms with E-state index in [4.69, 9.17) is 4.98 Å². The third-order valence-electron chi connectivity index (χ3n) is 5.13. The monoisotopic (exact) mass is 503 g/mol. The van der Waals surface area contributed by atoms with E-state index in [1.54, 1.807) is 0 Å². The number of aliphatic hydroxyl groups is 1. The quantitative estimate of drug-likeness (QED) is 0.331. The highest BCUT2D eigenvalue weighted by Crippen LogP contribution is 2.24. The van der Waals surface area contributed by atoms with Crippen molar-refractivity contribution in [3.05, 3.63) is 52.1 Å². The average molecular weight is 503 g/mol. The molecule has 0 bridgehead atoms. The summed E-state index contributed by atoms with van der Waals surface area (Å²) in [6.07, 6.45) is 2.85. The van der Waals surface area contributed by atoms with Gasteiger partial charge in [0.1, 0.15) is 5.82 Å². The van der Waals surface area contributed by atoms with Crippen molar-refractivity contribution in [2.75, 3.05) is 36.8 Å². The summed E-state index contributed by atoms with van der Waals surface area (Å²) < 4.78 is 1.19. The minimum Gasteiger partial charge on any atom is -0.392 e. The number of nitrogens with zero attached hydrogens (tertiary/aromatic N) is 3. The average Bonchev–Trinajstić information content (AvgIpc) is 2.73. The van der Waals surface area contributed by atoms with Crippen LogP contribution in [0.15, 0.2) is 48.5 Å². The first-order valence-electron chi connectivity index (χ1n) is 10.1. The number of piperidine rings is 1. The molecular formula is C22H26IN5O. The van der Waals surface area contributed by atoms with Crippen LogP contribution in [0, 0.1) is 3.57 Å². The highest BCUT2D eigenvalue weighted by atomic mass is 127. The summed E-state index contributed by atoms with van der Waals surface area (Å²) in [4.78, 5) is 11.7. The third kappa shape index (κ3) is 5.55. The number of aliphatic hydroxyl groups excluding tert-OH is 1. The number of likely N-dealkylation sites (tertiary alicyclic amines) is 1. The lowest BCUT2D eigenvalue weighted by atomic mass is 10.1. The Labute approximate surface area is 184 Å². The molecule has 0 saturated carbocycles. The second kappa shape index (κ2) is 9.69. The number of hydrogen-bond donors (Lipinski definition) is 3. The molecule has 0 amide bonds. The molecule has 0 aliphatic carbocycles. The van der Waals surface area contributed by atoms with Crippen LogP contribution in [0.4, 0.5) is 17.5 Å². The Bertz CT molecular complexity index is 950. The molecule has 1 aliphatic heterocycles. The van der Waals surface area contributed by atoms with Crippen molar-refractivity contribution in [3.8, 4) is 0 Å². The van der Waals surface area contributed by atoms with E-state index in [-0.39, 0.29) is 6.10 Å². The van der Waals surface area contributed by atoms with Crippen LogP contribution >= 0.6 is 22.6 Å². The lowest BCUT2D eigenvalue weighted by Crippen LogP contribution is -2.39. The lowest BCUT2D eigenvalue weighted by molar-refractivity contribution is 0.0706. The van der Waals surface area contributed by atoms with Gasteiger partial charge in [-0.05, 0) is 91.3 Å². The van der Waals surface area contributed by atoms with Gasteiger partial charge in [0, 0.05) is 27.7 Å². The van der Waals surface area contributed by atoms with Gasteiger partial charge in [0.05, 0.1) is 11.6 Å². The summed E-state index contributed by atoms with van der Waals surface area (Å²) in [6.45, 7) is 3.69.